The molecule has 1 saturated carbocycles. The number of piperidine rings is 1. The zero-order valence-electron chi connectivity index (χ0n) is 16.3. The van der Waals surface area contributed by atoms with Gasteiger partial charge >= 0.3 is 0 Å². The molecule has 3 heterocycles. The predicted molar refractivity (Wildman–Crippen MR) is 101 cm³/mol. The van der Waals surface area contributed by atoms with Crippen molar-refractivity contribution in [3.8, 4) is 0 Å². The molecule has 2 aromatic rings. The summed E-state index contributed by atoms with van der Waals surface area (Å²) >= 11 is 0. The first-order chi connectivity index (χ1) is 12.3. The SMILES string of the molecule is CC(C)(C)c1ccc2nnc(C3CCN(CC4(O)CCCC4)CC3)n2n1. The van der Waals surface area contributed by atoms with Gasteiger partial charge in [0, 0.05) is 17.9 Å². The van der Waals surface area contributed by atoms with Crippen molar-refractivity contribution in [2.45, 2.75) is 76.2 Å². The summed E-state index contributed by atoms with van der Waals surface area (Å²) in [7, 11) is 0. The van der Waals surface area contributed by atoms with Crippen molar-refractivity contribution >= 4 is 5.65 Å². The number of fused-ring (bicyclic) bond motifs is 1. The van der Waals surface area contributed by atoms with Crippen LogP contribution in [0.5, 0.6) is 0 Å². The average Bonchev–Trinajstić information content (AvgIpc) is 3.21. The molecule has 0 unspecified atom stereocenters. The highest BCUT2D eigenvalue weighted by Crippen LogP contribution is 2.33. The van der Waals surface area contributed by atoms with Crippen molar-refractivity contribution in [1.29, 1.82) is 0 Å². The molecule has 0 amide bonds. The summed E-state index contributed by atoms with van der Waals surface area (Å²) in [6, 6.07) is 4.08. The molecule has 0 atom stereocenters. The minimum atomic E-state index is -0.447. The zero-order chi connectivity index (χ0) is 18.4. The van der Waals surface area contributed by atoms with Crippen LogP contribution in [0.15, 0.2) is 12.1 Å². The van der Waals surface area contributed by atoms with E-state index in [1.54, 1.807) is 0 Å². The van der Waals surface area contributed by atoms with Crippen molar-refractivity contribution in [2.24, 2.45) is 0 Å². The van der Waals surface area contributed by atoms with Gasteiger partial charge in [-0.2, -0.15) is 9.61 Å². The molecule has 6 nitrogen and oxygen atoms in total. The molecule has 1 N–H and O–H groups in total. The molecule has 1 saturated heterocycles. The van der Waals surface area contributed by atoms with Gasteiger partial charge in [-0.15, -0.1) is 10.2 Å². The van der Waals surface area contributed by atoms with E-state index in [-0.39, 0.29) is 5.41 Å². The van der Waals surface area contributed by atoms with Gasteiger partial charge in [-0.25, -0.2) is 0 Å². The van der Waals surface area contributed by atoms with Gasteiger partial charge < -0.3 is 10.0 Å². The molecular formula is C20H31N5O. The van der Waals surface area contributed by atoms with Gasteiger partial charge in [0.2, 0.25) is 0 Å². The van der Waals surface area contributed by atoms with E-state index in [0.29, 0.717) is 5.92 Å². The number of hydrogen-bond donors (Lipinski definition) is 1. The van der Waals surface area contributed by atoms with Crippen LogP contribution in [0.4, 0.5) is 0 Å². The van der Waals surface area contributed by atoms with E-state index >= 15 is 0 Å². The lowest BCUT2D eigenvalue weighted by molar-refractivity contribution is 0.00273. The Kier molecular flexibility index (Phi) is 4.51. The van der Waals surface area contributed by atoms with Gasteiger partial charge in [0.25, 0.3) is 0 Å². The van der Waals surface area contributed by atoms with Crippen LogP contribution in [-0.4, -0.2) is 55.1 Å². The first-order valence-electron chi connectivity index (χ1n) is 10.0. The molecule has 6 heteroatoms. The average molecular weight is 358 g/mol. The van der Waals surface area contributed by atoms with E-state index in [1.807, 2.05) is 10.6 Å². The third kappa shape index (κ3) is 3.49. The Morgan fingerprint density at radius 1 is 1.12 bits per heavy atom. The van der Waals surface area contributed by atoms with Gasteiger partial charge in [-0.05, 0) is 50.9 Å². The first-order valence-corrected chi connectivity index (χ1v) is 10.0. The molecule has 0 radical (unpaired) electrons. The van der Waals surface area contributed by atoms with E-state index in [4.69, 9.17) is 5.10 Å². The lowest BCUT2D eigenvalue weighted by Gasteiger charge is -2.36. The first kappa shape index (κ1) is 17.9. The van der Waals surface area contributed by atoms with Crippen LogP contribution < -0.4 is 0 Å². The molecule has 4 rings (SSSR count). The highest BCUT2D eigenvalue weighted by molar-refractivity contribution is 5.37. The molecule has 2 fully saturated rings. The van der Waals surface area contributed by atoms with Gasteiger partial charge in [0.05, 0.1) is 11.3 Å². The van der Waals surface area contributed by atoms with Gasteiger partial charge in [-0.3, -0.25) is 0 Å². The molecule has 2 aromatic heterocycles. The van der Waals surface area contributed by atoms with E-state index in [2.05, 4.69) is 41.9 Å². The van der Waals surface area contributed by atoms with Crippen LogP contribution in [0, 0.1) is 0 Å². The van der Waals surface area contributed by atoms with Crippen LogP contribution in [-0.2, 0) is 5.41 Å². The monoisotopic (exact) mass is 357 g/mol. The fourth-order valence-electron chi connectivity index (χ4n) is 4.42. The largest absolute Gasteiger partial charge is 0.389 e. The maximum atomic E-state index is 10.7. The lowest BCUT2D eigenvalue weighted by Crippen LogP contribution is -2.44. The number of aromatic nitrogens is 4. The number of aliphatic hydroxyl groups is 1. The summed E-state index contributed by atoms with van der Waals surface area (Å²) in [5.74, 6) is 1.38. The predicted octanol–water partition coefficient (Wildman–Crippen LogP) is 2.91. The molecule has 1 aliphatic carbocycles. The van der Waals surface area contributed by atoms with Crippen LogP contribution in [0.1, 0.15) is 76.7 Å². The summed E-state index contributed by atoms with van der Waals surface area (Å²) in [5, 5.41) is 24.3. The molecule has 142 valence electrons. The van der Waals surface area contributed by atoms with Crippen molar-refractivity contribution in [3.05, 3.63) is 23.7 Å². The molecule has 0 spiro atoms. The Morgan fingerprint density at radius 3 is 2.46 bits per heavy atom. The third-order valence-corrected chi connectivity index (χ3v) is 6.06. The maximum Gasteiger partial charge on any atom is 0.177 e. The molecule has 0 aromatic carbocycles. The Labute approximate surface area is 155 Å². The Balaban J connectivity index is 1.47. The summed E-state index contributed by atoms with van der Waals surface area (Å²) in [5.41, 5.74) is 1.45. The molecule has 26 heavy (non-hydrogen) atoms. The molecule has 0 bridgehead atoms. The van der Waals surface area contributed by atoms with E-state index in [9.17, 15) is 5.11 Å². The van der Waals surface area contributed by atoms with E-state index in [0.717, 1.165) is 62.5 Å². The molecule has 1 aliphatic heterocycles. The second-order valence-corrected chi connectivity index (χ2v) is 9.28. The van der Waals surface area contributed by atoms with Crippen molar-refractivity contribution in [2.75, 3.05) is 19.6 Å². The van der Waals surface area contributed by atoms with Crippen LogP contribution in [0.25, 0.3) is 5.65 Å². The van der Waals surface area contributed by atoms with E-state index < -0.39 is 5.60 Å². The Hall–Kier alpha value is -1.53. The van der Waals surface area contributed by atoms with Crippen molar-refractivity contribution < 1.29 is 5.11 Å². The van der Waals surface area contributed by atoms with E-state index in [1.165, 1.54) is 12.8 Å². The lowest BCUT2D eigenvalue weighted by atomic mass is 9.92. The van der Waals surface area contributed by atoms with Crippen molar-refractivity contribution in [1.82, 2.24) is 24.7 Å². The quantitative estimate of drug-likeness (QED) is 0.915. The second kappa shape index (κ2) is 6.57. The Morgan fingerprint density at radius 2 is 1.81 bits per heavy atom. The summed E-state index contributed by atoms with van der Waals surface area (Å²) in [6.45, 7) is 9.39. The smallest absolute Gasteiger partial charge is 0.177 e. The van der Waals surface area contributed by atoms with Gasteiger partial charge in [0.1, 0.15) is 0 Å². The third-order valence-electron chi connectivity index (χ3n) is 6.06. The topological polar surface area (TPSA) is 66.5 Å². The second-order valence-electron chi connectivity index (χ2n) is 9.28. The highest BCUT2D eigenvalue weighted by atomic mass is 16.3. The number of hydrogen-bond acceptors (Lipinski definition) is 5. The number of likely N-dealkylation sites (tertiary alicyclic amines) is 1. The summed E-state index contributed by atoms with van der Waals surface area (Å²) in [6.07, 6.45) is 6.36. The summed E-state index contributed by atoms with van der Waals surface area (Å²) < 4.78 is 1.95. The Bertz CT molecular complexity index is 764. The maximum absolute atomic E-state index is 10.7. The number of nitrogens with zero attached hydrogens (tertiary/aromatic N) is 5. The van der Waals surface area contributed by atoms with Crippen LogP contribution >= 0.6 is 0 Å². The minimum Gasteiger partial charge on any atom is -0.389 e. The van der Waals surface area contributed by atoms with Crippen LogP contribution in [0.3, 0.4) is 0 Å². The highest BCUT2D eigenvalue weighted by Gasteiger charge is 2.35. The normalized spacial score (nSPS) is 22.3. The fraction of sp³-hybridized carbons (Fsp3) is 0.750. The van der Waals surface area contributed by atoms with Crippen LogP contribution in [0.2, 0.25) is 0 Å². The van der Waals surface area contributed by atoms with Gasteiger partial charge in [0.15, 0.2) is 11.5 Å². The number of rotatable bonds is 3. The molecular weight excluding hydrogens is 326 g/mol. The fourth-order valence-corrected chi connectivity index (χ4v) is 4.42. The summed E-state index contributed by atoms with van der Waals surface area (Å²) in [4.78, 5) is 2.43. The minimum absolute atomic E-state index is 0.00974. The number of β-amino-alcohol motifs (C(OH)–C–C–N with tert-alkyl or cyclic N) is 1. The zero-order valence-corrected chi connectivity index (χ0v) is 16.3. The standard InChI is InChI=1S/C20H31N5O/c1-19(2,3)16-6-7-17-21-22-18(25(17)23-16)15-8-12-24(13-9-15)14-20(26)10-4-5-11-20/h6-7,15,26H,4-5,8-14H2,1-3H3. The van der Waals surface area contributed by atoms with Crippen molar-refractivity contribution in [3.63, 3.8) is 0 Å². The molecule has 2 aliphatic rings. The van der Waals surface area contributed by atoms with Gasteiger partial charge in [-0.1, -0.05) is 33.6 Å².